The third kappa shape index (κ3) is 5.70. The highest BCUT2D eigenvalue weighted by Crippen LogP contribution is 2.26. The molecule has 2 aliphatic rings. The summed E-state index contributed by atoms with van der Waals surface area (Å²) >= 11 is 0. The number of hydrogen-bond acceptors (Lipinski definition) is 3. The van der Waals surface area contributed by atoms with Crippen molar-refractivity contribution in [3.8, 4) is 0 Å². The average Bonchev–Trinajstić information content (AvgIpc) is 2.58. The van der Waals surface area contributed by atoms with Gasteiger partial charge in [-0.25, -0.2) is 0 Å². The Labute approximate surface area is 153 Å². The molecule has 0 bridgehead atoms. The van der Waals surface area contributed by atoms with Crippen LogP contribution in [0.25, 0.3) is 0 Å². The fourth-order valence-corrected chi connectivity index (χ4v) is 3.63. The lowest BCUT2D eigenvalue weighted by atomic mass is 9.90. The van der Waals surface area contributed by atoms with Gasteiger partial charge in [-0.05, 0) is 31.6 Å². The maximum absolute atomic E-state index is 12.8. The number of ether oxygens (including phenoxy) is 1. The Kier molecular flexibility index (Phi) is 6.89. The quantitative estimate of drug-likeness (QED) is 0.782. The summed E-state index contributed by atoms with van der Waals surface area (Å²) in [5.41, 5.74) is -0.339. The zero-order valence-corrected chi connectivity index (χ0v) is 16.7. The number of carbonyl (C=O) groups excluding carboxylic acids is 2. The number of likely N-dealkylation sites (tertiary alicyclic amines) is 2. The SMILES string of the molecule is CC(C)COC1CCN(C(=O)C2CCN(C(=O)C(C)(C)C)CC2)CC1. The molecule has 0 N–H and O–H groups in total. The van der Waals surface area contributed by atoms with Crippen molar-refractivity contribution >= 4 is 11.8 Å². The van der Waals surface area contributed by atoms with E-state index in [9.17, 15) is 9.59 Å². The van der Waals surface area contributed by atoms with Crippen LogP contribution in [0.1, 0.15) is 60.3 Å². The van der Waals surface area contributed by atoms with Crippen molar-refractivity contribution < 1.29 is 14.3 Å². The van der Waals surface area contributed by atoms with Crippen molar-refractivity contribution in [2.75, 3.05) is 32.8 Å². The van der Waals surface area contributed by atoms with E-state index in [4.69, 9.17) is 4.74 Å². The molecule has 2 aliphatic heterocycles. The predicted octanol–water partition coefficient (Wildman–Crippen LogP) is 2.93. The number of carbonyl (C=O) groups is 2. The molecular formula is C20H36N2O3. The summed E-state index contributed by atoms with van der Waals surface area (Å²) in [5.74, 6) is 1.12. The Hall–Kier alpha value is -1.10. The van der Waals surface area contributed by atoms with Gasteiger partial charge in [0.05, 0.1) is 6.10 Å². The highest BCUT2D eigenvalue weighted by molar-refractivity contribution is 5.82. The minimum atomic E-state index is -0.339. The molecule has 0 aromatic carbocycles. The standard InChI is InChI=1S/C20H36N2O3/c1-15(2)14-25-17-8-12-21(13-9-17)18(23)16-6-10-22(11-7-16)19(24)20(3,4)5/h15-17H,6-14H2,1-5H3. The van der Waals surface area contributed by atoms with Crippen molar-refractivity contribution in [1.82, 2.24) is 9.80 Å². The molecule has 5 heteroatoms. The summed E-state index contributed by atoms with van der Waals surface area (Å²) < 4.78 is 5.91. The molecule has 2 rings (SSSR count). The molecule has 0 atom stereocenters. The number of hydrogen-bond donors (Lipinski definition) is 0. The van der Waals surface area contributed by atoms with Gasteiger partial charge >= 0.3 is 0 Å². The highest BCUT2D eigenvalue weighted by Gasteiger charge is 2.34. The molecule has 2 fully saturated rings. The van der Waals surface area contributed by atoms with Gasteiger partial charge in [0.1, 0.15) is 0 Å². The zero-order valence-electron chi connectivity index (χ0n) is 16.7. The summed E-state index contributed by atoms with van der Waals surface area (Å²) in [6.45, 7) is 14.0. The number of amides is 2. The lowest BCUT2D eigenvalue weighted by Crippen LogP contribution is -2.49. The summed E-state index contributed by atoms with van der Waals surface area (Å²) in [7, 11) is 0. The fraction of sp³-hybridized carbons (Fsp3) is 0.900. The first-order chi connectivity index (χ1) is 11.7. The van der Waals surface area contributed by atoms with Gasteiger partial charge in [-0.3, -0.25) is 9.59 Å². The molecule has 0 aromatic heterocycles. The number of rotatable bonds is 4. The maximum Gasteiger partial charge on any atom is 0.227 e. The van der Waals surface area contributed by atoms with Gasteiger partial charge in [0.25, 0.3) is 0 Å². The van der Waals surface area contributed by atoms with Crippen LogP contribution in [-0.4, -0.2) is 60.5 Å². The fourth-order valence-electron chi connectivity index (χ4n) is 3.63. The first kappa shape index (κ1) is 20.2. The van der Waals surface area contributed by atoms with E-state index in [2.05, 4.69) is 13.8 Å². The number of piperidine rings is 2. The highest BCUT2D eigenvalue weighted by atomic mass is 16.5. The van der Waals surface area contributed by atoms with Gasteiger partial charge in [-0.15, -0.1) is 0 Å². The minimum absolute atomic E-state index is 0.0807. The molecule has 25 heavy (non-hydrogen) atoms. The van der Waals surface area contributed by atoms with Gasteiger partial charge in [0.2, 0.25) is 11.8 Å². The second-order valence-electron chi connectivity index (χ2n) is 9.07. The molecule has 5 nitrogen and oxygen atoms in total. The normalized spacial score (nSPS) is 21.0. The van der Waals surface area contributed by atoms with Crippen LogP contribution < -0.4 is 0 Å². The molecule has 0 unspecified atom stereocenters. The smallest absolute Gasteiger partial charge is 0.227 e. The Balaban J connectivity index is 1.75. The number of nitrogens with zero attached hydrogens (tertiary/aromatic N) is 2. The van der Waals surface area contributed by atoms with E-state index in [-0.39, 0.29) is 23.1 Å². The van der Waals surface area contributed by atoms with Crippen molar-refractivity contribution in [2.45, 2.75) is 66.4 Å². The lowest BCUT2D eigenvalue weighted by molar-refractivity contribution is -0.146. The van der Waals surface area contributed by atoms with Crippen LogP contribution in [0.3, 0.4) is 0 Å². The zero-order chi connectivity index (χ0) is 18.6. The Morgan fingerprint density at radius 2 is 1.48 bits per heavy atom. The molecular weight excluding hydrogens is 316 g/mol. The van der Waals surface area contributed by atoms with Crippen molar-refractivity contribution in [3.05, 3.63) is 0 Å². The Morgan fingerprint density at radius 3 is 1.96 bits per heavy atom. The maximum atomic E-state index is 12.8. The Bertz CT molecular complexity index is 454. The van der Waals surface area contributed by atoms with Gasteiger partial charge in [-0.1, -0.05) is 34.6 Å². The average molecular weight is 353 g/mol. The van der Waals surface area contributed by atoms with E-state index in [1.54, 1.807) is 0 Å². The predicted molar refractivity (Wildman–Crippen MR) is 99.2 cm³/mol. The van der Waals surface area contributed by atoms with E-state index < -0.39 is 0 Å². The molecule has 144 valence electrons. The van der Waals surface area contributed by atoms with Gasteiger partial charge in [0.15, 0.2) is 0 Å². The van der Waals surface area contributed by atoms with E-state index in [1.807, 2.05) is 30.6 Å². The van der Waals surface area contributed by atoms with E-state index in [0.717, 1.165) is 45.4 Å². The Morgan fingerprint density at radius 1 is 0.960 bits per heavy atom. The summed E-state index contributed by atoms with van der Waals surface area (Å²) in [6, 6.07) is 0. The van der Waals surface area contributed by atoms with Gasteiger partial charge < -0.3 is 14.5 Å². The summed E-state index contributed by atoms with van der Waals surface area (Å²) in [5, 5.41) is 0. The van der Waals surface area contributed by atoms with Crippen molar-refractivity contribution in [2.24, 2.45) is 17.3 Å². The van der Waals surface area contributed by atoms with Crippen LogP contribution in [-0.2, 0) is 14.3 Å². The second kappa shape index (κ2) is 8.52. The van der Waals surface area contributed by atoms with Crippen molar-refractivity contribution in [1.29, 1.82) is 0 Å². The molecule has 2 saturated heterocycles. The van der Waals surface area contributed by atoms with Gasteiger partial charge in [-0.2, -0.15) is 0 Å². The van der Waals surface area contributed by atoms with E-state index in [0.29, 0.717) is 25.1 Å². The molecule has 2 amide bonds. The molecule has 0 spiro atoms. The third-order valence-electron chi connectivity index (χ3n) is 5.19. The molecule has 0 aliphatic carbocycles. The van der Waals surface area contributed by atoms with Crippen LogP contribution in [0.4, 0.5) is 0 Å². The molecule has 0 radical (unpaired) electrons. The first-order valence-electron chi connectivity index (χ1n) is 9.88. The van der Waals surface area contributed by atoms with E-state index >= 15 is 0 Å². The first-order valence-corrected chi connectivity index (χ1v) is 9.88. The summed E-state index contributed by atoms with van der Waals surface area (Å²) in [4.78, 5) is 29.1. The molecule has 0 aromatic rings. The van der Waals surface area contributed by atoms with E-state index in [1.165, 1.54) is 0 Å². The van der Waals surface area contributed by atoms with Gasteiger partial charge in [0, 0.05) is 44.1 Å². The minimum Gasteiger partial charge on any atom is -0.378 e. The summed E-state index contributed by atoms with van der Waals surface area (Å²) in [6.07, 6.45) is 3.78. The van der Waals surface area contributed by atoms with Crippen LogP contribution in [0.15, 0.2) is 0 Å². The van der Waals surface area contributed by atoms with Crippen LogP contribution >= 0.6 is 0 Å². The molecule has 2 heterocycles. The molecule has 0 saturated carbocycles. The van der Waals surface area contributed by atoms with Crippen molar-refractivity contribution in [3.63, 3.8) is 0 Å². The topological polar surface area (TPSA) is 49.9 Å². The second-order valence-corrected chi connectivity index (χ2v) is 9.07. The van der Waals surface area contributed by atoms with Crippen LogP contribution in [0.2, 0.25) is 0 Å². The monoisotopic (exact) mass is 352 g/mol. The van der Waals surface area contributed by atoms with Crippen LogP contribution in [0.5, 0.6) is 0 Å². The lowest BCUT2D eigenvalue weighted by Gasteiger charge is -2.38. The van der Waals surface area contributed by atoms with Crippen LogP contribution in [0, 0.1) is 17.3 Å². The third-order valence-corrected chi connectivity index (χ3v) is 5.19. The largest absolute Gasteiger partial charge is 0.378 e.